The summed E-state index contributed by atoms with van der Waals surface area (Å²) in [5.41, 5.74) is 1.54. The lowest BCUT2D eigenvalue weighted by molar-refractivity contribution is 0.587. The third-order valence-electron chi connectivity index (χ3n) is 3.13. The van der Waals surface area contributed by atoms with Crippen molar-refractivity contribution in [2.75, 3.05) is 11.2 Å². The fourth-order valence-corrected chi connectivity index (χ4v) is 1.96. The summed E-state index contributed by atoms with van der Waals surface area (Å²) in [6.45, 7) is 6.58. The van der Waals surface area contributed by atoms with Crippen LogP contribution in [0.15, 0.2) is 18.3 Å². The molecule has 2 rings (SSSR count). The van der Waals surface area contributed by atoms with E-state index >= 15 is 0 Å². The zero-order valence-corrected chi connectivity index (χ0v) is 10.9. The number of hydrogen-bond acceptors (Lipinski definition) is 2. The molecule has 88 valence electrons. The monoisotopic (exact) mass is 238 g/mol. The summed E-state index contributed by atoms with van der Waals surface area (Å²) in [5, 5.41) is 3.41. The van der Waals surface area contributed by atoms with Gasteiger partial charge in [0.1, 0.15) is 5.82 Å². The zero-order valence-electron chi connectivity index (χ0n) is 10.2. The van der Waals surface area contributed by atoms with Gasteiger partial charge in [-0.05, 0) is 29.9 Å². The molecule has 0 aliphatic heterocycles. The highest BCUT2D eigenvalue weighted by Gasteiger charge is 2.42. The molecule has 1 fully saturated rings. The van der Waals surface area contributed by atoms with Crippen LogP contribution in [0.3, 0.4) is 0 Å². The van der Waals surface area contributed by atoms with Crippen LogP contribution in [0.1, 0.15) is 39.2 Å². The number of alkyl halides is 1. The largest absolute Gasteiger partial charge is 0.363 e. The van der Waals surface area contributed by atoms with Crippen molar-refractivity contribution in [1.82, 2.24) is 4.98 Å². The van der Waals surface area contributed by atoms with Gasteiger partial charge < -0.3 is 5.32 Å². The molecule has 1 aromatic rings. The van der Waals surface area contributed by atoms with E-state index in [-0.39, 0.29) is 11.0 Å². The average molecular weight is 239 g/mol. The van der Waals surface area contributed by atoms with Gasteiger partial charge in [-0.25, -0.2) is 4.98 Å². The predicted octanol–water partition coefficient (Wildman–Crippen LogP) is 3.56. The van der Waals surface area contributed by atoms with Gasteiger partial charge in [0.25, 0.3) is 0 Å². The first-order valence-corrected chi connectivity index (χ1v) is 6.29. The Hall–Kier alpha value is -0.760. The molecule has 3 heteroatoms. The lowest BCUT2D eigenvalue weighted by Crippen LogP contribution is -2.23. The summed E-state index contributed by atoms with van der Waals surface area (Å²) in [7, 11) is 0. The first-order valence-electron chi connectivity index (χ1n) is 5.76. The highest BCUT2D eigenvalue weighted by Crippen LogP contribution is 2.39. The second kappa shape index (κ2) is 3.92. The number of nitrogens with one attached hydrogen (secondary N) is 1. The summed E-state index contributed by atoms with van der Waals surface area (Å²) in [5.74, 6) is 1.60. The van der Waals surface area contributed by atoms with Gasteiger partial charge in [0.05, 0.1) is 5.54 Å². The maximum absolute atomic E-state index is 5.92. The van der Waals surface area contributed by atoms with Gasteiger partial charge >= 0.3 is 0 Å². The molecule has 1 aliphatic carbocycles. The predicted molar refractivity (Wildman–Crippen MR) is 69.2 cm³/mol. The number of nitrogens with zero attached hydrogens (tertiary/aromatic N) is 1. The van der Waals surface area contributed by atoms with Crippen LogP contribution in [0.2, 0.25) is 0 Å². The van der Waals surface area contributed by atoms with E-state index in [1.807, 2.05) is 12.3 Å². The minimum Gasteiger partial charge on any atom is -0.363 e. The van der Waals surface area contributed by atoms with Gasteiger partial charge in [-0.1, -0.05) is 26.8 Å². The Morgan fingerprint density at radius 3 is 2.44 bits per heavy atom. The SMILES string of the molecule is CC(C)(C)c1ccc(NC2(CCl)CC2)nc1. The van der Waals surface area contributed by atoms with Crippen molar-refractivity contribution in [2.45, 2.75) is 44.6 Å². The molecule has 1 N–H and O–H groups in total. The van der Waals surface area contributed by atoms with E-state index in [4.69, 9.17) is 11.6 Å². The summed E-state index contributed by atoms with van der Waals surface area (Å²) in [6, 6.07) is 4.19. The maximum Gasteiger partial charge on any atom is 0.126 e. The quantitative estimate of drug-likeness (QED) is 0.815. The molecule has 1 aliphatic rings. The fraction of sp³-hybridized carbons (Fsp3) is 0.615. The van der Waals surface area contributed by atoms with Crippen molar-refractivity contribution >= 4 is 17.4 Å². The van der Waals surface area contributed by atoms with E-state index < -0.39 is 0 Å². The Bertz CT molecular complexity index is 361. The summed E-state index contributed by atoms with van der Waals surface area (Å²) in [6.07, 6.45) is 4.26. The van der Waals surface area contributed by atoms with Crippen LogP contribution in [0.4, 0.5) is 5.82 Å². The van der Waals surface area contributed by atoms with E-state index in [0.717, 1.165) is 18.7 Å². The number of pyridine rings is 1. The van der Waals surface area contributed by atoms with Crippen molar-refractivity contribution in [2.24, 2.45) is 0 Å². The molecule has 1 aromatic heterocycles. The maximum atomic E-state index is 5.92. The summed E-state index contributed by atoms with van der Waals surface area (Å²) >= 11 is 5.92. The van der Waals surface area contributed by atoms with Crippen LogP contribution in [0.5, 0.6) is 0 Å². The Balaban J connectivity index is 2.08. The van der Waals surface area contributed by atoms with Gasteiger partial charge in [0, 0.05) is 12.1 Å². The molecular formula is C13H19ClN2. The van der Waals surface area contributed by atoms with Crippen molar-refractivity contribution in [3.8, 4) is 0 Å². The van der Waals surface area contributed by atoms with Gasteiger partial charge in [-0.3, -0.25) is 0 Å². The highest BCUT2D eigenvalue weighted by molar-refractivity contribution is 6.19. The molecule has 0 saturated heterocycles. The molecule has 1 heterocycles. The number of rotatable bonds is 3. The van der Waals surface area contributed by atoms with Gasteiger partial charge in [0.2, 0.25) is 0 Å². The first-order chi connectivity index (χ1) is 7.45. The van der Waals surface area contributed by atoms with E-state index in [2.05, 4.69) is 37.1 Å². The Morgan fingerprint density at radius 1 is 1.38 bits per heavy atom. The minimum atomic E-state index is 0.123. The molecule has 1 saturated carbocycles. The van der Waals surface area contributed by atoms with E-state index in [0.29, 0.717) is 5.88 Å². The third kappa shape index (κ3) is 2.49. The summed E-state index contributed by atoms with van der Waals surface area (Å²) in [4.78, 5) is 4.45. The molecule has 2 nitrogen and oxygen atoms in total. The molecule has 0 amide bonds. The van der Waals surface area contributed by atoms with Crippen LogP contribution >= 0.6 is 11.6 Å². The first kappa shape index (κ1) is 11.7. The summed E-state index contributed by atoms with van der Waals surface area (Å²) < 4.78 is 0. The smallest absolute Gasteiger partial charge is 0.126 e. The van der Waals surface area contributed by atoms with Crippen LogP contribution in [0, 0.1) is 0 Å². The number of hydrogen-bond donors (Lipinski definition) is 1. The topological polar surface area (TPSA) is 24.9 Å². The second-order valence-corrected chi connectivity index (χ2v) is 5.99. The molecule has 0 atom stereocenters. The van der Waals surface area contributed by atoms with Crippen molar-refractivity contribution < 1.29 is 0 Å². The van der Waals surface area contributed by atoms with Gasteiger partial charge in [0.15, 0.2) is 0 Å². The average Bonchev–Trinajstić information content (AvgIpc) is 2.98. The minimum absolute atomic E-state index is 0.123. The fourth-order valence-electron chi connectivity index (χ4n) is 1.63. The van der Waals surface area contributed by atoms with Crippen molar-refractivity contribution in [3.63, 3.8) is 0 Å². The molecule has 0 bridgehead atoms. The van der Waals surface area contributed by atoms with Crippen molar-refractivity contribution in [1.29, 1.82) is 0 Å². The Kier molecular flexibility index (Phi) is 2.87. The van der Waals surface area contributed by atoms with E-state index in [9.17, 15) is 0 Å². The highest BCUT2D eigenvalue weighted by atomic mass is 35.5. The van der Waals surface area contributed by atoms with Crippen LogP contribution in [-0.2, 0) is 5.41 Å². The second-order valence-electron chi connectivity index (χ2n) is 5.72. The number of anilines is 1. The van der Waals surface area contributed by atoms with Crippen LogP contribution in [0.25, 0.3) is 0 Å². The molecule has 0 radical (unpaired) electrons. The van der Waals surface area contributed by atoms with Crippen molar-refractivity contribution in [3.05, 3.63) is 23.9 Å². The van der Waals surface area contributed by atoms with Crippen LogP contribution in [-0.4, -0.2) is 16.4 Å². The van der Waals surface area contributed by atoms with E-state index in [1.165, 1.54) is 5.56 Å². The normalized spacial score (nSPS) is 18.2. The Morgan fingerprint density at radius 2 is 2.06 bits per heavy atom. The molecular weight excluding hydrogens is 220 g/mol. The van der Waals surface area contributed by atoms with Gasteiger partial charge in [-0.2, -0.15) is 0 Å². The third-order valence-corrected chi connectivity index (χ3v) is 3.64. The molecule has 16 heavy (non-hydrogen) atoms. The number of halogens is 1. The molecule has 0 unspecified atom stereocenters. The molecule has 0 aromatic carbocycles. The lowest BCUT2D eigenvalue weighted by atomic mass is 9.88. The van der Waals surface area contributed by atoms with Crippen LogP contribution < -0.4 is 5.32 Å². The van der Waals surface area contributed by atoms with Gasteiger partial charge in [-0.15, -0.1) is 11.6 Å². The van der Waals surface area contributed by atoms with E-state index in [1.54, 1.807) is 0 Å². The number of aromatic nitrogens is 1. The lowest BCUT2D eigenvalue weighted by Gasteiger charge is -2.20. The standard InChI is InChI=1S/C13H19ClN2/c1-12(2,3)10-4-5-11(15-8-10)16-13(9-14)6-7-13/h4-5,8H,6-7,9H2,1-3H3,(H,15,16). The Labute approximate surface area is 102 Å². The molecule has 0 spiro atoms. The zero-order chi connectivity index (χ0) is 11.8.